The zero-order valence-corrected chi connectivity index (χ0v) is 12.9. The molecule has 0 spiro atoms. The molecule has 1 rings (SSSR count). The van der Waals surface area contributed by atoms with E-state index >= 15 is 0 Å². The number of hydrogen-bond acceptors (Lipinski definition) is 3. The summed E-state index contributed by atoms with van der Waals surface area (Å²) < 4.78 is 11.7. The third-order valence-electron chi connectivity index (χ3n) is 2.95. The second-order valence-electron chi connectivity index (χ2n) is 4.83. The molecule has 1 amide bonds. The lowest BCUT2D eigenvalue weighted by molar-refractivity contribution is -0.116. The number of nitrogens with one attached hydrogen (secondary N) is 1. The summed E-state index contributed by atoms with van der Waals surface area (Å²) in [6.07, 6.45) is 4.36. The molecule has 0 radical (unpaired) electrons. The predicted octanol–water partition coefficient (Wildman–Crippen LogP) is 2.93. The Labute approximate surface area is 123 Å². The van der Waals surface area contributed by atoms with Gasteiger partial charge in [-0.2, -0.15) is 0 Å². The number of hydrogen-bond donors (Lipinski definition) is 2. The van der Waals surface area contributed by atoms with Gasteiger partial charge in [0, 0.05) is 40.1 Å². The highest BCUT2D eigenvalue weighted by atomic mass is 32.2. The van der Waals surface area contributed by atoms with Crippen molar-refractivity contribution in [3.63, 3.8) is 0 Å². The van der Waals surface area contributed by atoms with Gasteiger partial charge in [-0.25, -0.2) is 0 Å². The van der Waals surface area contributed by atoms with Crippen molar-refractivity contribution in [1.29, 1.82) is 0 Å². The van der Waals surface area contributed by atoms with Gasteiger partial charge in [-0.1, -0.05) is 19.8 Å². The van der Waals surface area contributed by atoms with E-state index < -0.39 is 10.8 Å². The van der Waals surface area contributed by atoms with Crippen LogP contribution in [0.4, 0.5) is 11.4 Å². The Kier molecular flexibility index (Phi) is 7.95. The normalized spacial score (nSPS) is 12.1. The Hall–Kier alpha value is -1.36. The Balaban J connectivity index is 2.17. The summed E-state index contributed by atoms with van der Waals surface area (Å²) in [6.45, 7) is 2.13. The van der Waals surface area contributed by atoms with Gasteiger partial charge in [-0.05, 0) is 37.1 Å². The second kappa shape index (κ2) is 9.53. The average Bonchev–Trinajstić information content (AvgIpc) is 2.42. The van der Waals surface area contributed by atoms with Gasteiger partial charge in [0.25, 0.3) is 0 Å². The molecule has 0 bridgehead atoms. The SMILES string of the molecule is CCCCCS(=O)CCCC(=O)Nc1ccc(N)cc1. The number of rotatable bonds is 9. The minimum absolute atomic E-state index is 0.0414. The van der Waals surface area contributed by atoms with Crippen LogP contribution in [0.15, 0.2) is 24.3 Å². The van der Waals surface area contributed by atoms with Crippen molar-refractivity contribution in [3.8, 4) is 0 Å². The first-order valence-corrected chi connectivity index (χ1v) is 8.61. The Morgan fingerprint density at radius 2 is 1.80 bits per heavy atom. The van der Waals surface area contributed by atoms with Crippen LogP contribution >= 0.6 is 0 Å². The fourth-order valence-electron chi connectivity index (χ4n) is 1.80. The molecular formula is C15H24N2O2S. The van der Waals surface area contributed by atoms with Gasteiger partial charge >= 0.3 is 0 Å². The number of anilines is 2. The average molecular weight is 296 g/mol. The molecule has 3 N–H and O–H groups in total. The summed E-state index contributed by atoms with van der Waals surface area (Å²) in [5, 5.41) is 2.80. The molecule has 0 aliphatic rings. The number of unbranched alkanes of at least 4 members (excludes halogenated alkanes) is 2. The van der Waals surface area contributed by atoms with Crippen LogP contribution < -0.4 is 11.1 Å². The van der Waals surface area contributed by atoms with Crippen molar-refractivity contribution < 1.29 is 9.00 Å². The molecule has 0 saturated carbocycles. The van der Waals surface area contributed by atoms with Crippen molar-refractivity contribution in [3.05, 3.63) is 24.3 Å². The minimum atomic E-state index is -0.784. The smallest absolute Gasteiger partial charge is 0.224 e. The third kappa shape index (κ3) is 7.28. The third-order valence-corrected chi connectivity index (χ3v) is 4.43. The van der Waals surface area contributed by atoms with Crippen molar-refractivity contribution >= 4 is 28.1 Å². The molecule has 0 fully saturated rings. The molecule has 0 aromatic heterocycles. The van der Waals surface area contributed by atoms with Gasteiger partial charge in [0.2, 0.25) is 5.91 Å². The van der Waals surface area contributed by atoms with Crippen molar-refractivity contribution in [1.82, 2.24) is 0 Å². The number of carbonyl (C=O) groups excluding carboxylic acids is 1. The monoisotopic (exact) mass is 296 g/mol. The van der Waals surface area contributed by atoms with Crippen LogP contribution in [0.25, 0.3) is 0 Å². The quantitative estimate of drug-likeness (QED) is 0.543. The van der Waals surface area contributed by atoms with Gasteiger partial charge in [-0.3, -0.25) is 9.00 Å². The molecule has 0 heterocycles. The molecule has 1 aromatic rings. The van der Waals surface area contributed by atoms with E-state index in [2.05, 4.69) is 12.2 Å². The number of amides is 1. The van der Waals surface area contributed by atoms with E-state index in [0.717, 1.165) is 30.7 Å². The van der Waals surface area contributed by atoms with Crippen molar-refractivity contribution in [2.75, 3.05) is 22.6 Å². The molecule has 112 valence electrons. The molecule has 5 heteroatoms. The van der Waals surface area contributed by atoms with Crippen LogP contribution in [-0.4, -0.2) is 21.6 Å². The fourth-order valence-corrected chi connectivity index (χ4v) is 3.00. The molecule has 0 aliphatic carbocycles. The Bertz CT molecular complexity index is 432. The van der Waals surface area contributed by atoms with Crippen LogP contribution in [0, 0.1) is 0 Å². The molecular weight excluding hydrogens is 272 g/mol. The Morgan fingerprint density at radius 1 is 1.15 bits per heavy atom. The maximum Gasteiger partial charge on any atom is 0.224 e. The van der Waals surface area contributed by atoms with Crippen LogP contribution in [0.2, 0.25) is 0 Å². The minimum Gasteiger partial charge on any atom is -0.399 e. The summed E-state index contributed by atoms with van der Waals surface area (Å²) in [7, 11) is -0.784. The highest BCUT2D eigenvalue weighted by Gasteiger charge is 2.05. The lowest BCUT2D eigenvalue weighted by Crippen LogP contribution is -2.13. The molecule has 1 aromatic carbocycles. The largest absolute Gasteiger partial charge is 0.399 e. The van der Waals surface area contributed by atoms with Crippen molar-refractivity contribution in [2.45, 2.75) is 39.0 Å². The molecule has 0 aliphatic heterocycles. The van der Waals surface area contributed by atoms with Gasteiger partial charge in [0.05, 0.1) is 0 Å². The molecule has 0 saturated heterocycles. The lowest BCUT2D eigenvalue weighted by atomic mass is 10.2. The van der Waals surface area contributed by atoms with Crippen LogP contribution in [0.5, 0.6) is 0 Å². The standard InChI is InChI=1S/C15H24N2O2S/c1-2-3-4-11-20(19)12-5-6-15(18)17-14-9-7-13(16)8-10-14/h7-10H,2-6,11-12,16H2,1H3,(H,17,18). The molecule has 1 unspecified atom stereocenters. The lowest BCUT2D eigenvalue weighted by Gasteiger charge is -2.05. The number of carbonyl (C=O) groups is 1. The van der Waals surface area contributed by atoms with E-state index in [1.165, 1.54) is 0 Å². The van der Waals surface area contributed by atoms with Crippen LogP contribution in [0.1, 0.15) is 39.0 Å². The highest BCUT2D eigenvalue weighted by molar-refractivity contribution is 7.84. The first kappa shape index (κ1) is 16.7. The van der Waals surface area contributed by atoms with E-state index in [0.29, 0.717) is 24.3 Å². The first-order chi connectivity index (χ1) is 9.61. The van der Waals surface area contributed by atoms with E-state index in [1.54, 1.807) is 24.3 Å². The van der Waals surface area contributed by atoms with E-state index in [-0.39, 0.29) is 5.91 Å². The van der Waals surface area contributed by atoms with E-state index in [9.17, 15) is 9.00 Å². The van der Waals surface area contributed by atoms with E-state index in [4.69, 9.17) is 5.73 Å². The summed E-state index contributed by atoms with van der Waals surface area (Å²) in [5.74, 6) is 1.33. The van der Waals surface area contributed by atoms with Crippen LogP contribution in [0.3, 0.4) is 0 Å². The number of nitrogen functional groups attached to an aromatic ring is 1. The Morgan fingerprint density at radius 3 is 2.45 bits per heavy atom. The summed E-state index contributed by atoms with van der Waals surface area (Å²) in [5.41, 5.74) is 6.99. The topological polar surface area (TPSA) is 72.2 Å². The number of nitrogens with two attached hydrogens (primary N) is 1. The molecule has 1 atom stereocenters. The zero-order valence-electron chi connectivity index (χ0n) is 12.1. The van der Waals surface area contributed by atoms with E-state index in [1.807, 2.05) is 0 Å². The molecule has 4 nitrogen and oxygen atoms in total. The first-order valence-electron chi connectivity index (χ1n) is 7.12. The summed E-state index contributed by atoms with van der Waals surface area (Å²) in [4.78, 5) is 11.7. The second-order valence-corrected chi connectivity index (χ2v) is 6.53. The summed E-state index contributed by atoms with van der Waals surface area (Å²) >= 11 is 0. The zero-order chi connectivity index (χ0) is 14.8. The fraction of sp³-hybridized carbons (Fsp3) is 0.533. The predicted molar refractivity (Wildman–Crippen MR) is 86.1 cm³/mol. The number of benzene rings is 1. The highest BCUT2D eigenvalue weighted by Crippen LogP contribution is 2.11. The van der Waals surface area contributed by atoms with Gasteiger partial charge in [0.15, 0.2) is 0 Å². The van der Waals surface area contributed by atoms with Gasteiger partial charge in [0.1, 0.15) is 0 Å². The van der Waals surface area contributed by atoms with Crippen LogP contribution in [-0.2, 0) is 15.6 Å². The maximum atomic E-state index is 11.7. The maximum absolute atomic E-state index is 11.7. The summed E-state index contributed by atoms with van der Waals surface area (Å²) in [6, 6.07) is 7.04. The van der Waals surface area contributed by atoms with Gasteiger partial charge in [-0.15, -0.1) is 0 Å². The van der Waals surface area contributed by atoms with Gasteiger partial charge < -0.3 is 11.1 Å². The molecule has 20 heavy (non-hydrogen) atoms. The van der Waals surface area contributed by atoms with Crippen molar-refractivity contribution in [2.24, 2.45) is 0 Å².